The van der Waals surface area contributed by atoms with Gasteiger partial charge in [-0.2, -0.15) is 18.9 Å². The van der Waals surface area contributed by atoms with Gasteiger partial charge >= 0.3 is 21.7 Å². The van der Waals surface area contributed by atoms with E-state index >= 15 is 0 Å². The van der Waals surface area contributed by atoms with Crippen molar-refractivity contribution in [1.82, 2.24) is 0 Å². The fourth-order valence-electron chi connectivity index (χ4n) is 5.67. The summed E-state index contributed by atoms with van der Waals surface area (Å²) in [6, 6.07) is 46.9. The molecular weight excluding hydrogens is 645 g/mol. The zero-order valence-corrected chi connectivity index (χ0v) is 34.6. The van der Waals surface area contributed by atoms with Crippen LogP contribution in [0.1, 0.15) is 72.8 Å². The summed E-state index contributed by atoms with van der Waals surface area (Å²) in [6.07, 6.45) is 4.56. The first kappa shape index (κ1) is 43.5. The molecule has 0 aromatic heterocycles. The molecule has 0 aliphatic carbocycles. The first-order valence-corrected chi connectivity index (χ1v) is 22.8. The minimum absolute atomic E-state index is 0. The third-order valence-electron chi connectivity index (χ3n) is 8.40. The van der Waals surface area contributed by atoms with Crippen LogP contribution in [-0.4, -0.2) is 16.6 Å². The molecular formula is C45H60Si2Ti. The van der Waals surface area contributed by atoms with Crippen molar-refractivity contribution in [3.8, 4) is 11.1 Å². The van der Waals surface area contributed by atoms with E-state index < -0.39 is 0 Å². The van der Waals surface area contributed by atoms with Crippen molar-refractivity contribution in [3.63, 3.8) is 0 Å². The van der Waals surface area contributed by atoms with Crippen LogP contribution in [0.3, 0.4) is 0 Å². The van der Waals surface area contributed by atoms with Crippen molar-refractivity contribution in [3.05, 3.63) is 135 Å². The Balaban J connectivity index is 0.000000341. The maximum Gasteiger partial charge on any atom is 4.00 e. The average Bonchev–Trinajstić information content (AvgIpc) is 3.71. The molecule has 0 amide bonds. The van der Waals surface area contributed by atoms with Gasteiger partial charge in [-0.3, -0.25) is 0 Å². The molecule has 6 aromatic rings. The van der Waals surface area contributed by atoms with E-state index in [-0.39, 0.29) is 38.3 Å². The van der Waals surface area contributed by atoms with Crippen molar-refractivity contribution in [2.24, 2.45) is 0 Å². The predicted octanol–water partition coefficient (Wildman–Crippen LogP) is 14.6. The molecule has 0 aliphatic heterocycles. The van der Waals surface area contributed by atoms with Gasteiger partial charge < -0.3 is 13.8 Å². The molecule has 0 bridgehead atoms. The van der Waals surface area contributed by atoms with Crippen LogP contribution in [0.2, 0.25) is 24.2 Å². The Morgan fingerprint density at radius 1 is 0.542 bits per heavy atom. The van der Waals surface area contributed by atoms with Crippen molar-refractivity contribution < 1.29 is 21.7 Å². The van der Waals surface area contributed by atoms with E-state index in [0.29, 0.717) is 0 Å². The third-order valence-corrected chi connectivity index (χ3v) is 20.1. The van der Waals surface area contributed by atoms with Crippen LogP contribution in [0, 0.1) is 20.8 Å². The fraction of sp³-hybridized carbons (Fsp3) is 0.333. The predicted molar refractivity (Wildman–Crippen MR) is 221 cm³/mol. The van der Waals surface area contributed by atoms with Crippen LogP contribution in [0.5, 0.6) is 0 Å². The fourth-order valence-corrected chi connectivity index (χ4v) is 14.7. The van der Waals surface area contributed by atoms with Crippen LogP contribution in [0.4, 0.5) is 0 Å². The van der Waals surface area contributed by atoms with Gasteiger partial charge in [0.1, 0.15) is 0 Å². The number of hydrogen-bond donors (Lipinski definition) is 0. The van der Waals surface area contributed by atoms with Gasteiger partial charge in [-0.25, -0.2) is 0 Å². The van der Waals surface area contributed by atoms with E-state index in [1.54, 1.807) is 0 Å². The molecule has 0 fully saturated rings. The summed E-state index contributed by atoms with van der Waals surface area (Å²) in [5, 5.41) is 8.05. The standard InChI is InChI=1S/C19H13.C10H9.C8H20Si2.2C4H9.Ti/c1-2-7-14(8-3-1)17-12-6-10-16-13-15-9-4-5-11-18(15)19(16)17;1-8-6-9-4-2-3-5-10(9)7-8;1-5-9(6-2)10(7-3)8-4;2*1-3-4-2;/h1-13H;2-7H,1H3;5-8H2,1-4H3;2*1,3-4H2,2H3;/q2*-1;;2*-1;+4. The van der Waals surface area contributed by atoms with E-state index in [1.165, 1.54) is 86.0 Å². The van der Waals surface area contributed by atoms with Gasteiger partial charge in [0.05, 0.1) is 0 Å². The Bertz CT molecular complexity index is 1590. The Morgan fingerprint density at radius 3 is 1.54 bits per heavy atom. The molecule has 252 valence electrons. The quantitative estimate of drug-likeness (QED) is 0.109. The summed E-state index contributed by atoms with van der Waals surface area (Å²) in [4.78, 5) is 0. The summed E-state index contributed by atoms with van der Waals surface area (Å²) >= 11 is 0. The third kappa shape index (κ3) is 13.8. The van der Waals surface area contributed by atoms with Crippen LogP contribution in [0.25, 0.3) is 43.4 Å². The Morgan fingerprint density at radius 2 is 1.02 bits per heavy atom. The van der Waals surface area contributed by atoms with Gasteiger partial charge in [0.2, 0.25) is 0 Å². The first-order chi connectivity index (χ1) is 22.9. The second kappa shape index (κ2) is 25.5. The van der Waals surface area contributed by atoms with Crippen molar-refractivity contribution in [2.75, 3.05) is 0 Å². The van der Waals surface area contributed by atoms with E-state index in [9.17, 15) is 0 Å². The molecule has 48 heavy (non-hydrogen) atoms. The Labute approximate surface area is 313 Å². The topological polar surface area (TPSA) is 0 Å². The smallest absolute Gasteiger partial charge is 0.343 e. The van der Waals surface area contributed by atoms with Crippen molar-refractivity contribution in [1.29, 1.82) is 0 Å². The molecule has 6 rings (SSSR count). The maximum atomic E-state index is 3.60. The molecule has 0 saturated heterocycles. The molecule has 3 heteroatoms. The molecule has 0 N–H and O–H groups in total. The molecule has 0 unspecified atom stereocenters. The van der Waals surface area contributed by atoms with E-state index in [4.69, 9.17) is 0 Å². The summed E-state index contributed by atoms with van der Waals surface area (Å²) in [5.41, 5.74) is 3.95. The van der Waals surface area contributed by atoms with Crippen molar-refractivity contribution in [2.45, 2.75) is 98.3 Å². The normalized spacial score (nSPS) is 10.2. The number of aryl methyl sites for hydroxylation is 1. The minimum Gasteiger partial charge on any atom is -0.343 e. The summed E-state index contributed by atoms with van der Waals surface area (Å²) < 4.78 is 0. The molecule has 0 atom stereocenters. The second-order valence-electron chi connectivity index (χ2n) is 11.9. The Hall–Kier alpha value is -2.49. The van der Waals surface area contributed by atoms with Gasteiger partial charge in [-0.15, -0.1) is 80.3 Å². The number of fused-ring (bicyclic) bond motifs is 4. The number of unbranched alkanes of at least 4 members (excludes halogenated alkanes) is 2. The van der Waals surface area contributed by atoms with Crippen LogP contribution >= 0.6 is 0 Å². The summed E-state index contributed by atoms with van der Waals surface area (Å²) in [7, 11) is 0.277. The molecule has 6 aromatic carbocycles. The first-order valence-electron chi connectivity index (χ1n) is 17.9. The zero-order chi connectivity index (χ0) is 34.4. The summed E-state index contributed by atoms with van der Waals surface area (Å²) in [6.45, 7) is 23.1. The van der Waals surface area contributed by atoms with E-state index in [2.05, 4.69) is 178 Å². The SMILES string of the molecule is CC[Si](CC)[Si](CC)CC.Cc1cc2ccccc2[cH-]1.[CH2-]CCC.[CH2-]CCC.[Ti+4].c1ccc(-c2cccc3[cH-]c4ccccc4c23)cc1. The second-order valence-corrected chi connectivity index (χ2v) is 21.3. The zero-order valence-electron chi connectivity index (χ0n) is 31.0. The molecule has 0 heterocycles. The van der Waals surface area contributed by atoms with Crippen molar-refractivity contribution >= 4 is 48.9 Å². The van der Waals surface area contributed by atoms with Crippen LogP contribution in [-0.2, 0) is 21.7 Å². The minimum atomic E-state index is 0. The molecule has 0 aliphatic rings. The molecule has 2 radical (unpaired) electrons. The van der Waals surface area contributed by atoms with E-state index in [0.717, 1.165) is 12.8 Å². The van der Waals surface area contributed by atoms with Crippen LogP contribution in [0.15, 0.2) is 115 Å². The number of benzene rings is 4. The van der Waals surface area contributed by atoms with Gasteiger partial charge in [-0.1, -0.05) is 158 Å². The Kier molecular flexibility index (Phi) is 23.1. The van der Waals surface area contributed by atoms with Gasteiger partial charge in [0, 0.05) is 16.6 Å². The molecule has 0 nitrogen and oxygen atoms in total. The van der Waals surface area contributed by atoms with Gasteiger partial charge in [0.15, 0.2) is 0 Å². The number of rotatable bonds is 8. The molecule has 0 saturated carbocycles. The van der Waals surface area contributed by atoms with Gasteiger partial charge in [-0.05, 0) is 5.56 Å². The number of hydrogen-bond acceptors (Lipinski definition) is 0. The average molecular weight is 705 g/mol. The van der Waals surface area contributed by atoms with Gasteiger partial charge in [0.25, 0.3) is 0 Å². The molecule has 0 spiro atoms. The monoisotopic (exact) mass is 704 g/mol. The van der Waals surface area contributed by atoms with E-state index in [1.807, 2.05) is 0 Å². The van der Waals surface area contributed by atoms with Crippen LogP contribution < -0.4 is 0 Å². The largest absolute Gasteiger partial charge is 4.00 e. The summed E-state index contributed by atoms with van der Waals surface area (Å²) in [5.74, 6) is 0. The maximum absolute atomic E-state index is 3.60.